The molecule has 144 valence electrons. The van der Waals surface area contributed by atoms with Gasteiger partial charge in [0.05, 0.1) is 17.1 Å². The minimum Gasteiger partial charge on any atom is -0.318 e. The molecule has 0 atom stereocenters. The Labute approximate surface area is 163 Å². The number of nitrogens with zero attached hydrogens (tertiary/aromatic N) is 3. The number of nitrogens with one attached hydrogen (secondary N) is 1. The van der Waals surface area contributed by atoms with Crippen LogP contribution in [0.4, 0.5) is 18.9 Å². The van der Waals surface area contributed by atoms with E-state index in [9.17, 15) is 18.0 Å². The maximum atomic E-state index is 13.8. The van der Waals surface area contributed by atoms with Crippen molar-refractivity contribution in [3.63, 3.8) is 0 Å². The van der Waals surface area contributed by atoms with E-state index in [1.165, 1.54) is 35.0 Å². The number of halogens is 3. The average molecular weight is 394 g/mol. The molecular formula is C21H13F3N4O. The van der Waals surface area contributed by atoms with Crippen molar-refractivity contribution in [1.29, 1.82) is 0 Å². The molecule has 5 nitrogen and oxygen atoms in total. The minimum atomic E-state index is -0.773. The highest BCUT2D eigenvalue weighted by atomic mass is 19.1. The Hall–Kier alpha value is -3.94. The molecule has 0 saturated carbocycles. The monoisotopic (exact) mass is 394 g/mol. The number of carbonyl (C=O) groups excluding carboxylic acids is 1. The Morgan fingerprint density at radius 1 is 0.931 bits per heavy atom. The second kappa shape index (κ2) is 7.59. The van der Waals surface area contributed by atoms with Gasteiger partial charge in [-0.15, -0.1) is 0 Å². The predicted octanol–water partition coefficient (Wildman–Crippen LogP) is 4.60. The van der Waals surface area contributed by atoms with Crippen LogP contribution in [0.1, 0.15) is 10.5 Å². The summed E-state index contributed by atoms with van der Waals surface area (Å²) in [4.78, 5) is 16.7. The van der Waals surface area contributed by atoms with Gasteiger partial charge in [0.2, 0.25) is 0 Å². The minimum absolute atomic E-state index is 0.0307. The first-order chi connectivity index (χ1) is 14.0. The molecule has 1 amide bonds. The molecule has 29 heavy (non-hydrogen) atoms. The van der Waals surface area contributed by atoms with Gasteiger partial charge in [0.1, 0.15) is 17.5 Å². The van der Waals surface area contributed by atoms with E-state index in [-0.39, 0.29) is 11.4 Å². The summed E-state index contributed by atoms with van der Waals surface area (Å²) in [6.07, 6.45) is 3.19. The summed E-state index contributed by atoms with van der Waals surface area (Å²) in [7, 11) is 0. The fraction of sp³-hybridized carbons (Fsp3) is 0. The molecule has 0 saturated heterocycles. The Bertz CT molecular complexity index is 1170. The van der Waals surface area contributed by atoms with Gasteiger partial charge >= 0.3 is 0 Å². The highest BCUT2D eigenvalue weighted by Gasteiger charge is 2.18. The maximum Gasteiger partial charge on any atom is 0.276 e. The zero-order valence-corrected chi connectivity index (χ0v) is 14.8. The molecule has 0 radical (unpaired) electrons. The molecular weight excluding hydrogens is 381 g/mol. The van der Waals surface area contributed by atoms with E-state index in [1.807, 2.05) is 0 Å². The second-order valence-corrected chi connectivity index (χ2v) is 6.12. The summed E-state index contributed by atoms with van der Waals surface area (Å²) < 4.78 is 42.0. The van der Waals surface area contributed by atoms with Crippen molar-refractivity contribution in [1.82, 2.24) is 14.8 Å². The highest BCUT2D eigenvalue weighted by molar-refractivity contribution is 6.03. The van der Waals surface area contributed by atoms with E-state index in [0.717, 1.165) is 18.2 Å². The lowest BCUT2D eigenvalue weighted by molar-refractivity contribution is 0.102. The van der Waals surface area contributed by atoms with Gasteiger partial charge in [-0.2, -0.15) is 5.10 Å². The van der Waals surface area contributed by atoms with Gasteiger partial charge in [0, 0.05) is 24.0 Å². The van der Waals surface area contributed by atoms with Crippen LogP contribution >= 0.6 is 0 Å². The third kappa shape index (κ3) is 3.86. The molecule has 4 rings (SSSR count). The van der Waals surface area contributed by atoms with Crippen molar-refractivity contribution >= 4 is 11.6 Å². The molecule has 4 aromatic rings. The molecule has 2 aromatic carbocycles. The van der Waals surface area contributed by atoms with Gasteiger partial charge in [-0.1, -0.05) is 0 Å². The lowest BCUT2D eigenvalue weighted by Crippen LogP contribution is -2.14. The van der Waals surface area contributed by atoms with Crippen molar-refractivity contribution in [3.05, 3.63) is 96.2 Å². The van der Waals surface area contributed by atoms with Crippen LogP contribution in [0.2, 0.25) is 0 Å². The van der Waals surface area contributed by atoms with Crippen LogP contribution in [-0.4, -0.2) is 20.7 Å². The smallest absolute Gasteiger partial charge is 0.276 e. The normalized spacial score (nSPS) is 10.7. The van der Waals surface area contributed by atoms with E-state index in [0.29, 0.717) is 16.9 Å². The fourth-order valence-corrected chi connectivity index (χ4v) is 2.77. The number of pyridine rings is 1. The Morgan fingerprint density at radius 2 is 1.69 bits per heavy atom. The number of hydrogen-bond donors (Lipinski definition) is 1. The lowest BCUT2D eigenvalue weighted by atomic mass is 10.2. The second-order valence-electron chi connectivity index (χ2n) is 6.12. The first-order valence-corrected chi connectivity index (χ1v) is 8.54. The summed E-state index contributed by atoms with van der Waals surface area (Å²) in [5.74, 6) is -2.59. The summed E-state index contributed by atoms with van der Waals surface area (Å²) in [5.41, 5.74) is 1.38. The van der Waals surface area contributed by atoms with Crippen molar-refractivity contribution in [2.75, 3.05) is 5.32 Å². The molecule has 2 aromatic heterocycles. The van der Waals surface area contributed by atoms with E-state index >= 15 is 0 Å². The van der Waals surface area contributed by atoms with E-state index in [1.54, 1.807) is 24.5 Å². The zero-order chi connectivity index (χ0) is 20.4. The first-order valence-electron chi connectivity index (χ1n) is 8.54. The summed E-state index contributed by atoms with van der Waals surface area (Å²) >= 11 is 0. The van der Waals surface area contributed by atoms with E-state index < -0.39 is 23.4 Å². The molecule has 0 aliphatic heterocycles. The van der Waals surface area contributed by atoms with Crippen LogP contribution in [0.3, 0.4) is 0 Å². The van der Waals surface area contributed by atoms with Crippen LogP contribution < -0.4 is 5.32 Å². The number of carbonyl (C=O) groups is 1. The highest BCUT2D eigenvalue weighted by Crippen LogP contribution is 2.24. The fourth-order valence-electron chi connectivity index (χ4n) is 2.77. The summed E-state index contributed by atoms with van der Waals surface area (Å²) in [6.45, 7) is 0. The number of benzene rings is 2. The number of hydrogen-bond acceptors (Lipinski definition) is 3. The summed E-state index contributed by atoms with van der Waals surface area (Å²) in [6, 6.07) is 13.3. The van der Waals surface area contributed by atoms with Gasteiger partial charge in [-0.3, -0.25) is 9.78 Å². The lowest BCUT2D eigenvalue weighted by Gasteiger charge is -2.07. The predicted molar refractivity (Wildman–Crippen MR) is 101 cm³/mol. The van der Waals surface area contributed by atoms with Crippen molar-refractivity contribution in [2.24, 2.45) is 0 Å². The van der Waals surface area contributed by atoms with E-state index in [2.05, 4.69) is 15.4 Å². The molecule has 2 heterocycles. The Kier molecular flexibility index (Phi) is 4.82. The average Bonchev–Trinajstić information content (AvgIpc) is 3.17. The quantitative estimate of drug-likeness (QED) is 0.550. The van der Waals surface area contributed by atoms with Crippen LogP contribution in [-0.2, 0) is 0 Å². The number of rotatable bonds is 4. The maximum absolute atomic E-state index is 13.8. The van der Waals surface area contributed by atoms with Crippen molar-refractivity contribution in [2.45, 2.75) is 0 Å². The van der Waals surface area contributed by atoms with Crippen molar-refractivity contribution < 1.29 is 18.0 Å². The topological polar surface area (TPSA) is 59.8 Å². The number of anilines is 1. The SMILES string of the molecule is O=C(Nc1cc(F)ccc1F)c1cc(-c2cccnc2)n(-c2ccc(F)cc2)n1. The van der Waals surface area contributed by atoms with Gasteiger partial charge in [-0.25, -0.2) is 17.9 Å². The van der Waals surface area contributed by atoms with Crippen LogP contribution in [0, 0.1) is 17.5 Å². The van der Waals surface area contributed by atoms with Gasteiger partial charge in [-0.05, 0) is 54.6 Å². The molecule has 1 N–H and O–H groups in total. The zero-order valence-electron chi connectivity index (χ0n) is 14.8. The Balaban J connectivity index is 1.75. The van der Waals surface area contributed by atoms with Crippen molar-refractivity contribution in [3.8, 4) is 16.9 Å². The van der Waals surface area contributed by atoms with E-state index in [4.69, 9.17) is 0 Å². The molecule has 0 fully saturated rings. The van der Waals surface area contributed by atoms with Gasteiger partial charge in [0.15, 0.2) is 5.69 Å². The number of amides is 1. The third-order valence-corrected chi connectivity index (χ3v) is 4.15. The van der Waals surface area contributed by atoms with Gasteiger partial charge < -0.3 is 5.32 Å². The molecule has 0 aliphatic rings. The number of aromatic nitrogens is 3. The molecule has 0 bridgehead atoms. The van der Waals surface area contributed by atoms with Crippen LogP contribution in [0.15, 0.2) is 73.1 Å². The molecule has 0 unspecified atom stereocenters. The molecule has 0 spiro atoms. The molecule has 8 heteroatoms. The van der Waals surface area contributed by atoms with Crippen LogP contribution in [0.25, 0.3) is 16.9 Å². The summed E-state index contributed by atoms with van der Waals surface area (Å²) in [5, 5.41) is 6.59. The van der Waals surface area contributed by atoms with Crippen LogP contribution in [0.5, 0.6) is 0 Å². The molecule has 0 aliphatic carbocycles. The third-order valence-electron chi connectivity index (χ3n) is 4.15. The largest absolute Gasteiger partial charge is 0.318 e. The Morgan fingerprint density at radius 3 is 2.41 bits per heavy atom. The first kappa shape index (κ1) is 18.4. The van der Waals surface area contributed by atoms with Gasteiger partial charge in [0.25, 0.3) is 5.91 Å². The standard InChI is InChI=1S/C21H13F3N4O/c22-14-3-6-16(7-4-14)28-20(13-2-1-9-25-12-13)11-19(27-28)21(29)26-18-10-15(23)5-8-17(18)24/h1-12H,(H,26,29).